The number of rotatable bonds is 4. The molecule has 1 aliphatic heterocycles. The van der Waals surface area contributed by atoms with Crippen molar-refractivity contribution in [2.24, 2.45) is 5.10 Å². The maximum atomic E-state index is 11.8. The lowest BCUT2D eigenvalue weighted by Crippen LogP contribution is -2.36. The van der Waals surface area contributed by atoms with Crippen LogP contribution >= 0.6 is 0 Å². The van der Waals surface area contributed by atoms with Gasteiger partial charge in [-0.1, -0.05) is 18.2 Å². The maximum absolute atomic E-state index is 11.8. The summed E-state index contributed by atoms with van der Waals surface area (Å²) in [4.78, 5) is 33.0. The molecule has 104 valence electrons. The van der Waals surface area contributed by atoms with E-state index >= 15 is 0 Å². The van der Waals surface area contributed by atoms with Gasteiger partial charge in [0.2, 0.25) is 5.91 Å². The Balaban J connectivity index is 2.01. The summed E-state index contributed by atoms with van der Waals surface area (Å²) in [6, 6.07) is 6.17. The summed E-state index contributed by atoms with van der Waals surface area (Å²) in [5, 5.41) is 17.0. The lowest BCUT2D eigenvalue weighted by Gasteiger charge is -2.12. The third-order valence-electron chi connectivity index (χ3n) is 2.79. The first kappa shape index (κ1) is 13.7. The van der Waals surface area contributed by atoms with Crippen molar-refractivity contribution in [3.63, 3.8) is 0 Å². The molecule has 0 spiro atoms. The predicted octanol–water partition coefficient (Wildman–Crippen LogP) is 0.477. The van der Waals surface area contributed by atoms with Gasteiger partial charge in [0.1, 0.15) is 5.71 Å². The maximum Gasteiger partial charge on any atom is 0.274 e. The summed E-state index contributed by atoms with van der Waals surface area (Å²) in [6.45, 7) is 0.0307. The molecule has 0 unspecified atom stereocenters. The normalized spacial score (nSPS) is 14.2. The zero-order chi connectivity index (χ0) is 14.5. The molecule has 0 atom stereocenters. The molecule has 20 heavy (non-hydrogen) atoms. The highest BCUT2D eigenvalue weighted by atomic mass is 16.6. The van der Waals surface area contributed by atoms with Crippen LogP contribution in [-0.2, 0) is 16.1 Å². The van der Waals surface area contributed by atoms with Crippen LogP contribution in [0.4, 0.5) is 5.69 Å². The lowest BCUT2D eigenvalue weighted by molar-refractivity contribution is -0.385. The molecule has 0 bridgehead atoms. The number of carbonyl (C=O) groups is 2. The quantitative estimate of drug-likeness (QED) is 0.614. The van der Waals surface area contributed by atoms with Crippen LogP contribution in [0.15, 0.2) is 29.4 Å². The standard InChI is InChI=1S/C12H12N4O4/c17-11-6-5-9(14-15-11)12(18)13-7-8-3-1-2-4-10(8)16(19)20/h1-4H,5-7H2,(H,13,18)(H,15,17). The van der Waals surface area contributed by atoms with Crippen LogP contribution in [-0.4, -0.2) is 22.4 Å². The van der Waals surface area contributed by atoms with Crippen molar-refractivity contribution >= 4 is 23.2 Å². The molecule has 1 heterocycles. The highest BCUT2D eigenvalue weighted by Gasteiger charge is 2.19. The van der Waals surface area contributed by atoms with Gasteiger partial charge in [0.25, 0.3) is 11.6 Å². The minimum Gasteiger partial charge on any atom is -0.347 e. The zero-order valence-corrected chi connectivity index (χ0v) is 10.5. The Morgan fingerprint density at radius 3 is 2.80 bits per heavy atom. The second-order valence-electron chi connectivity index (χ2n) is 4.16. The molecule has 0 aromatic heterocycles. The van der Waals surface area contributed by atoms with Crippen molar-refractivity contribution in [2.45, 2.75) is 19.4 Å². The Morgan fingerprint density at radius 1 is 1.40 bits per heavy atom. The Labute approximate surface area is 114 Å². The van der Waals surface area contributed by atoms with Crippen LogP contribution in [0, 0.1) is 10.1 Å². The van der Waals surface area contributed by atoms with Gasteiger partial charge in [-0.05, 0) is 0 Å². The number of amides is 2. The molecule has 0 aliphatic carbocycles. The highest BCUT2D eigenvalue weighted by molar-refractivity contribution is 6.39. The highest BCUT2D eigenvalue weighted by Crippen LogP contribution is 2.17. The van der Waals surface area contributed by atoms with Crippen LogP contribution in [0.1, 0.15) is 18.4 Å². The number of nitro benzene ring substituents is 1. The summed E-state index contributed by atoms with van der Waals surface area (Å²) in [5.74, 6) is -0.677. The summed E-state index contributed by atoms with van der Waals surface area (Å²) >= 11 is 0. The van der Waals surface area contributed by atoms with E-state index < -0.39 is 10.8 Å². The fraction of sp³-hybridized carbons (Fsp3) is 0.250. The molecule has 2 amide bonds. The molecule has 1 aliphatic rings. The summed E-state index contributed by atoms with van der Waals surface area (Å²) in [5.41, 5.74) is 2.79. The first-order valence-corrected chi connectivity index (χ1v) is 5.94. The first-order valence-electron chi connectivity index (χ1n) is 5.94. The van der Waals surface area contributed by atoms with Crippen LogP contribution < -0.4 is 10.7 Å². The van der Waals surface area contributed by atoms with Crippen LogP contribution in [0.25, 0.3) is 0 Å². The smallest absolute Gasteiger partial charge is 0.274 e. The first-order chi connectivity index (χ1) is 9.58. The van der Waals surface area contributed by atoms with Crippen LogP contribution in [0.2, 0.25) is 0 Å². The number of hydrogen-bond donors (Lipinski definition) is 2. The molecule has 0 radical (unpaired) electrons. The number of nitrogens with zero attached hydrogens (tertiary/aromatic N) is 2. The summed E-state index contributed by atoms with van der Waals surface area (Å²) in [7, 11) is 0. The van der Waals surface area contributed by atoms with Gasteiger partial charge in [0.15, 0.2) is 0 Å². The van der Waals surface area contributed by atoms with Crippen molar-refractivity contribution in [3.8, 4) is 0 Å². The minimum atomic E-state index is -0.500. The van der Waals surface area contributed by atoms with Gasteiger partial charge in [0.05, 0.1) is 4.92 Å². The number of carbonyl (C=O) groups excluding carboxylic acids is 2. The van der Waals surface area contributed by atoms with Crippen molar-refractivity contribution < 1.29 is 14.5 Å². The average Bonchev–Trinajstić information content (AvgIpc) is 2.45. The molecular weight excluding hydrogens is 264 g/mol. The second-order valence-corrected chi connectivity index (χ2v) is 4.16. The predicted molar refractivity (Wildman–Crippen MR) is 69.8 cm³/mol. The Bertz CT molecular complexity index is 597. The molecule has 0 fully saturated rings. The SMILES string of the molecule is O=C1CCC(C(=O)NCc2ccccc2[N+](=O)[O-])=NN1. The summed E-state index contributed by atoms with van der Waals surface area (Å²) in [6.07, 6.45) is 0.465. The Kier molecular flexibility index (Phi) is 4.04. The molecule has 8 nitrogen and oxygen atoms in total. The van der Waals surface area contributed by atoms with Gasteiger partial charge in [-0.2, -0.15) is 5.10 Å². The second kappa shape index (κ2) is 5.91. The Morgan fingerprint density at radius 2 is 2.15 bits per heavy atom. The van der Waals surface area contributed by atoms with Crippen molar-refractivity contribution in [3.05, 3.63) is 39.9 Å². The van der Waals surface area contributed by atoms with E-state index in [2.05, 4.69) is 15.8 Å². The third kappa shape index (κ3) is 3.16. The number of nitro groups is 1. The van der Waals surface area contributed by atoms with E-state index in [1.807, 2.05) is 0 Å². The molecule has 8 heteroatoms. The van der Waals surface area contributed by atoms with Gasteiger partial charge in [0, 0.05) is 31.0 Å². The molecule has 2 rings (SSSR count). The minimum absolute atomic E-state index is 0.0307. The molecule has 1 aromatic rings. The number of nitrogens with one attached hydrogen (secondary N) is 2. The third-order valence-corrected chi connectivity index (χ3v) is 2.79. The van der Waals surface area contributed by atoms with Gasteiger partial charge in [-0.25, -0.2) is 5.43 Å². The van der Waals surface area contributed by atoms with Crippen molar-refractivity contribution in [1.82, 2.24) is 10.7 Å². The van der Waals surface area contributed by atoms with E-state index in [1.54, 1.807) is 18.2 Å². The molecule has 0 saturated carbocycles. The lowest BCUT2D eigenvalue weighted by atomic mass is 10.1. The van der Waals surface area contributed by atoms with Gasteiger partial charge >= 0.3 is 0 Å². The van der Waals surface area contributed by atoms with E-state index in [0.717, 1.165) is 0 Å². The van der Waals surface area contributed by atoms with Crippen LogP contribution in [0.3, 0.4) is 0 Å². The molecule has 0 saturated heterocycles. The van der Waals surface area contributed by atoms with Gasteiger partial charge in [-0.15, -0.1) is 0 Å². The van der Waals surface area contributed by atoms with E-state index in [0.29, 0.717) is 5.56 Å². The monoisotopic (exact) mass is 276 g/mol. The largest absolute Gasteiger partial charge is 0.347 e. The van der Waals surface area contributed by atoms with Crippen LogP contribution in [0.5, 0.6) is 0 Å². The molecule has 2 N–H and O–H groups in total. The number of hydrazone groups is 1. The number of hydrogen-bond acceptors (Lipinski definition) is 5. The van der Waals surface area contributed by atoms with E-state index in [-0.39, 0.29) is 36.7 Å². The van der Waals surface area contributed by atoms with E-state index in [1.165, 1.54) is 6.07 Å². The van der Waals surface area contributed by atoms with Gasteiger partial charge < -0.3 is 5.32 Å². The van der Waals surface area contributed by atoms with Crippen molar-refractivity contribution in [1.29, 1.82) is 0 Å². The number of para-hydroxylation sites is 1. The molecular formula is C12H12N4O4. The fourth-order valence-corrected chi connectivity index (χ4v) is 1.75. The zero-order valence-electron chi connectivity index (χ0n) is 10.5. The van der Waals surface area contributed by atoms with E-state index in [9.17, 15) is 19.7 Å². The topological polar surface area (TPSA) is 114 Å². The van der Waals surface area contributed by atoms with Crippen molar-refractivity contribution in [2.75, 3.05) is 0 Å². The van der Waals surface area contributed by atoms with Gasteiger partial charge in [-0.3, -0.25) is 19.7 Å². The number of benzene rings is 1. The fourth-order valence-electron chi connectivity index (χ4n) is 1.75. The molecule has 1 aromatic carbocycles. The average molecular weight is 276 g/mol. The summed E-state index contributed by atoms with van der Waals surface area (Å²) < 4.78 is 0. The Hall–Kier alpha value is -2.77. The van der Waals surface area contributed by atoms with E-state index in [4.69, 9.17) is 0 Å².